The fourth-order valence-corrected chi connectivity index (χ4v) is 2.59. The van der Waals surface area contributed by atoms with Crippen LogP contribution >= 0.6 is 15.9 Å². The second kappa shape index (κ2) is 5.63. The zero-order valence-electron chi connectivity index (χ0n) is 10.3. The summed E-state index contributed by atoms with van der Waals surface area (Å²) >= 11 is 3.46. The highest BCUT2D eigenvalue weighted by atomic mass is 79.9. The van der Waals surface area contributed by atoms with Crippen LogP contribution in [-0.4, -0.2) is 16.3 Å². The summed E-state index contributed by atoms with van der Waals surface area (Å²) in [6, 6.07) is 6.59. The average molecular weight is 312 g/mol. The molecule has 3 nitrogen and oxygen atoms in total. The summed E-state index contributed by atoms with van der Waals surface area (Å²) in [4.78, 5) is 0. The summed E-state index contributed by atoms with van der Waals surface area (Å²) < 4.78 is 16.6. The lowest BCUT2D eigenvalue weighted by Crippen LogP contribution is -2.25. The summed E-state index contributed by atoms with van der Waals surface area (Å²) in [6.45, 7) is 2.74. The summed E-state index contributed by atoms with van der Waals surface area (Å²) in [6.07, 6.45) is 1.72. The standard InChI is InChI=1S/C13H15BrFN3/c1-3-16-12(9-6-4-5-7-11(9)15)13-10(14)8-17-18(13)2/h4-8,12,16H,3H2,1-2H3. The van der Waals surface area contributed by atoms with E-state index in [1.165, 1.54) is 6.07 Å². The first-order valence-corrected chi connectivity index (χ1v) is 6.59. The Kier molecular flexibility index (Phi) is 4.14. The predicted molar refractivity (Wildman–Crippen MR) is 72.8 cm³/mol. The molecule has 0 saturated heterocycles. The molecule has 1 N–H and O–H groups in total. The normalized spacial score (nSPS) is 12.7. The van der Waals surface area contributed by atoms with Gasteiger partial charge in [-0.25, -0.2) is 4.39 Å². The maximum absolute atomic E-state index is 13.9. The second-order valence-electron chi connectivity index (χ2n) is 4.01. The van der Waals surface area contributed by atoms with Crippen molar-refractivity contribution in [3.8, 4) is 0 Å². The predicted octanol–water partition coefficient (Wildman–Crippen LogP) is 3.02. The molecule has 1 heterocycles. The Labute approximate surface area is 114 Å². The van der Waals surface area contributed by atoms with E-state index in [-0.39, 0.29) is 11.9 Å². The summed E-state index contributed by atoms with van der Waals surface area (Å²) in [5, 5.41) is 7.47. The highest BCUT2D eigenvalue weighted by Crippen LogP contribution is 2.29. The highest BCUT2D eigenvalue weighted by molar-refractivity contribution is 9.10. The Morgan fingerprint density at radius 1 is 1.44 bits per heavy atom. The van der Waals surface area contributed by atoms with Crippen LogP contribution in [-0.2, 0) is 7.05 Å². The van der Waals surface area contributed by atoms with Gasteiger partial charge in [0.2, 0.25) is 0 Å². The van der Waals surface area contributed by atoms with E-state index in [4.69, 9.17) is 0 Å². The SMILES string of the molecule is CCNC(c1ccccc1F)c1c(Br)cnn1C. The lowest BCUT2D eigenvalue weighted by molar-refractivity contribution is 0.531. The minimum Gasteiger partial charge on any atom is -0.305 e. The molecule has 0 fully saturated rings. The maximum atomic E-state index is 13.9. The zero-order chi connectivity index (χ0) is 13.1. The zero-order valence-corrected chi connectivity index (χ0v) is 11.9. The van der Waals surface area contributed by atoms with Gasteiger partial charge in [0.25, 0.3) is 0 Å². The van der Waals surface area contributed by atoms with Crippen molar-refractivity contribution in [3.05, 3.63) is 52.0 Å². The number of nitrogens with zero attached hydrogens (tertiary/aromatic N) is 2. The number of halogens is 2. The number of benzene rings is 1. The van der Waals surface area contributed by atoms with Crippen LogP contribution in [0.4, 0.5) is 4.39 Å². The molecule has 1 aromatic heterocycles. The van der Waals surface area contributed by atoms with E-state index in [0.717, 1.165) is 16.7 Å². The van der Waals surface area contributed by atoms with Gasteiger partial charge in [0, 0.05) is 12.6 Å². The van der Waals surface area contributed by atoms with Gasteiger partial charge in [0.1, 0.15) is 5.82 Å². The van der Waals surface area contributed by atoms with E-state index in [2.05, 4.69) is 26.3 Å². The Morgan fingerprint density at radius 3 is 2.72 bits per heavy atom. The Balaban J connectivity index is 2.50. The van der Waals surface area contributed by atoms with Crippen molar-refractivity contribution in [2.75, 3.05) is 6.54 Å². The smallest absolute Gasteiger partial charge is 0.128 e. The fourth-order valence-electron chi connectivity index (χ4n) is 2.01. The van der Waals surface area contributed by atoms with Crippen LogP contribution in [0.15, 0.2) is 34.9 Å². The molecule has 0 radical (unpaired) electrons. The summed E-state index contributed by atoms with van der Waals surface area (Å²) in [7, 11) is 1.85. The van der Waals surface area contributed by atoms with Gasteiger partial charge in [-0.3, -0.25) is 4.68 Å². The van der Waals surface area contributed by atoms with Crippen LogP contribution in [0.5, 0.6) is 0 Å². The lowest BCUT2D eigenvalue weighted by atomic mass is 10.0. The third-order valence-electron chi connectivity index (χ3n) is 2.84. The van der Waals surface area contributed by atoms with Gasteiger partial charge in [-0.15, -0.1) is 0 Å². The number of nitrogens with one attached hydrogen (secondary N) is 1. The topological polar surface area (TPSA) is 29.9 Å². The van der Waals surface area contributed by atoms with Gasteiger partial charge in [0.15, 0.2) is 0 Å². The molecule has 5 heteroatoms. The molecule has 0 aliphatic heterocycles. The van der Waals surface area contributed by atoms with E-state index in [9.17, 15) is 4.39 Å². The van der Waals surface area contributed by atoms with Crippen LogP contribution in [0.3, 0.4) is 0 Å². The molecule has 1 atom stereocenters. The molecular formula is C13H15BrFN3. The minimum atomic E-state index is -0.212. The van der Waals surface area contributed by atoms with Crippen molar-refractivity contribution in [2.24, 2.45) is 7.05 Å². The third kappa shape index (κ3) is 2.47. The van der Waals surface area contributed by atoms with Crippen molar-refractivity contribution >= 4 is 15.9 Å². The summed E-state index contributed by atoms with van der Waals surface area (Å²) in [5.41, 5.74) is 1.55. The molecule has 2 aromatic rings. The van der Waals surface area contributed by atoms with Crippen LogP contribution in [0, 0.1) is 5.82 Å². The molecule has 0 saturated carbocycles. The average Bonchev–Trinajstić information content (AvgIpc) is 2.68. The fraction of sp³-hybridized carbons (Fsp3) is 0.308. The number of hydrogen-bond donors (Lipinski definition) is 1. The van der Waals surface area contributed by atoms with Crippen LogP contribution < -0.4 is 5.32 Å². The van der Waals surface area contributed by atoms with Crippen molar-refractivity contribution in [1.29, 1.82) is 0 Å². The molecule has 1 unspecified atom stereocenters. The maximum Gasteiger partial charge on any atom is 0.128 e. The van der Waals surface area contributed by atoms with Gasteiger partial charge >= 0.3 is 0 Å². The molecule has 0 bridgehead atoms. The number of aromatic nitrogens is 2. The first-order chi connectivity index (χ1) is 8.65. The largest absolute Gasteiger partial charge is 0.305 e. The Morgan fingerprint density at radius 2 is 2.17 bits per heavy atom. The van der Waals surface area contributed by atoms with Gasteiger partial charge < -0.3 is 5.32 Å². The molecule has 0 amide bonds. The molecule has 2 rings (SSSR count). The van der Waals surface area contributed by atoms with E-state index in [0.29, 0.717) is 5.56 Å². The van der Waals surface area contributed by atoms with Crippen molar-refractivity contribution in [2.45, 2.75) is 13.0 Å². The Bertz CT molecular complexity index is 519. The number of aryl methyl sites for hydroxylation is 1. The quantitative estimate of drug-likeness (QED) is 0.940. The number of hydrogen-bond acceptors (Lipinski definition) is 2. The minimum absolute atomic E-state index is 0.210. The van der Waals surface area contributed by atoms with Gasteiger partial charge in [-0.1, -0.05) is 25.1 Å². The monoisotopic (exact) mass is 311 g/mol. The van der Waals surface area contributed by atoms with Gasteiger partial charge in [0.05, 0.1) is 22.4 Å². The van der Waals surface area contributed by atoms with Gasteiger partial charge in [-0.2, -0.15) is 5.10 Å². The van der Waals surface area contributed by atoms with Crippen LogP contribution in [0.25, 0.3) is 0 Å². The molecule has 18 heavy (non-hydrogen) atoms. The van der Waals surface area contributed by atoms with Crippen molar-refractivity contribution < 1.29 is 4.39 Å². The molecule has 0 aliphatic rings. The molecular weight excluding hydrogens is 297 g/mol. The number of rotatable bonds is 4. The van der Waals surface area contributed by atoms with E-state index >= 15 is 0 Å². The van der Waals surface area contributed by atoms with E-state index < -0.39 is 0 Å². The van der Waals surface area contributed by atoms with Gasteiger partial charge in [-0.05, 0) is 28.5 Å². The van der Waals surface area contributed by atoms with E-state index in [1.54, 1.807) is 23.0 Å². The van der Waals surface area contributed by atoms with Crippen LogP contribution in [0.2, 0.25) is 0 Å². The first-order valence-electron chi connectivity index (χ1n) is 5.80. The van der Waals surface area contributed by atoms with E-state index in [1.807, 2.05) is 20.0 Å². The van der Waals surface area contributed by atoms with Crippen LogP contribution in [0.1, 0.15) is 24.2 Å². The second-order valence-corrected chi connectivity index (χ2v) is 4.87. The summed E-state index contributed by atoms with van der Waals surface area (Å²) in [5.74, 6) is -0.212. The Hall–Kier alpha value is -1.20. The molecule has 1 aromatic carbocycles. The van der Waals surface area contributed by atoms with Crippen molar-refractivity contribution in [1.82, 2.24) is 15.1 Å². The first kappa shape index (κ1) is 13.2. The molecule has 0 spiro atoms. The third-order valence-corrected chi connectivity index (χ3v) is 3.45. The molecule has 0 aliphatic carbocycles. The molecule has 96 valence electrons. The van der Waals surface area contributed by atoms with Crippen molar-refractivity contribution in [3.63, 3.8) is 0 Å². The highest BCUT2D eigenvalue weighted by Gasteiger charge is 2.22. The lowest BCUT2D eigenvalue weighted by Gasteiger charge is -2.20.